The maximum atomic E-state index is 11.8. The molecule has 0 aliphatic carbocycles. The van der Waals surface area contributed by atoms with Crippen molar-refractivity contribution in [3.63, 3.8) is 0 Å². The minimum atomic E-state index is -1.05. The van der Waals surface area contributed by atoms with Crippen LogP contribution in [0.4, 0.5) is 10.5 Å². The first-order valence-corrected chi connectivity index (χ1v) is 6.18. The fraction of sp³-hybridized carbons (Fsp3) is 0.385. The number of nitrogens with one attached hydrogen (secondary N) is 1. The summed E-state index contributed by atoms with van der Waals surface area (Å²) in [5.74, 6) is -0.641. The van der Waals surface area contributed by atoms with E-state index >= 15 is 0 Å². The minimum absolute atomic E-state index is 0.0940. The van der Waals surface area contributed by atoms with Crippen LogP contribution in [0.25, 0.3) is 0 Å². The van der Waals surface area contributed by atoms with Crippen LogP contribution in [0.15, 0.2) is 24.3 Å². The number of carboxylic acids is 1. The largest absolute Gasteiger partial charge is 0.482 e. The van der Waals surface area contributed by atoms with Crippen molar-refractivity contribution in [3.8, 4) is 5.75 Å². The molecule has 1 rings (SSSR count). The molecule has 0 bridgehead atoms. The molecular formula is C13H18N2O5. The number of hydrogen-bond acceptors (Lipinski definition) is 4. The average molecular weight is 282 g/mol. The second-order valence-electron chi connectivity index (χ2n) is 3.94. The molecular weight excluding hydrogens is 264 g/mol. The molecule has 2 amide bonds. The molecule has 3 N–H and O–H groups in total. The van der Waals surface area contributed by atoms with E-state index in [4.69, 9.17) is 14.9 Å². The van der Waals surface area contributed by atoms with Crippen LogP contribution in [0, 0.1) is 0 Å². The third-order valence-electron chi connectivity index (χ3n) is 2.51. The van der Waals surface area contributed by atoms with Gasteiger partial charge in [0, 0.05) is 18.8 Å². The van der Waals surface area contributed by atoms with Gasteiger partial charge in [0.1, 0.15) is 5.75 Å². The van der Waals surface area contributed by atoms with E-state index in [0.717, 1.165) is 0 Å². The molecule has 0 atom stereocenters. The topological polar surface area (TPSA) is 99.1 Å². The Hall–Kier alpha value is -2.28. The van der Waals surface area contributed by atoms with Crippen molar-refractivity contribution < 1.29 is 24.5 Å². The Labute approximate surface area is 116 Å². The number of anilines is 1. The van der Waals surface area contributed by atoms with Gasteiger partial charge in [0.25, 0.3) is 0 Å². The molecule has 0 aromatic heterocycles. The zero-order chi connectivity index (χ0) is 15.0. The molecule has 20 heavy (non-hydrogen) atoms. The summed E-state index contributed by atoms with van der Waals surface area (Å²) in [5, 5.41) is 20.0. The van der Waals surface area contributed by atoms with E-state index in [1.807, 2.05) is 6.92 Å². The van der Waals surface area contributed by atoms with Crippen molar-refractivity contribution in [1.82, 2.24) is 4.90 Å². The van der Waals surface area contributed by atoms with Gasteiger partial charge in [0.2, 0.25) is 0 Å². The molecule has 0 radical (unpaired) electrons. The lowest BCUT2D eigenvalue weighted by Crippen LogP contribution is -2.36. The first kappa shape index (κ1) is 15.8. The summed E-state index contributed by atoms with van der Waals surface area (Å²) >= 11 is 0. The van der Waals surface area contributed by atoms with Crippen molar-refractivity contribution in [3.05, 3.63) is 24.3 Å². The van der Waals surface area contributed by atoms with Gasteiger partial charge in [-0.15, -0.1) is 0 Å². The number of hydrogen-bond donors (Lipinski definition) is 3. The van der Waals surface area contributed by atoms with Crippen LogP contribution >= 0.6 is 0 Å². The molecule has 0 saturated heterocycles. The summed E-state index contributed by atoms with van der Waals surface area (Å²) in [5.41, 5.74) is 0.564. The second kappa shape index (κ2) is 8.00. The SMILES string of the molecule is CCN(CCO)C(=O)Nc1ccc(OCC(=O)O)cc1. The molecule has 0 saturated carbocycles. The smallest absolute Gasteiger partial charge is 0.341 e. The Morgan fingerprint density at radius 2 is 1.95 bits per heavy atom. The van der Waals surface area contributed by atoms with E-state index in [1.165, 1.54) is 4.90 Å². The normalized spacial score (nSPS) is 9.90. The molecule has 1 aromatic rings. The first-order valence-electron chi connectivity index (χ1n) is 6.18. The number of benzene rings is 1. The van der Waals surface area contributed by atoms with Crippen LogP contribution in [0.2, 0.25) is 0 Å². The molecule has 0 heterocycles. The summed E-state index contributed by atoms with van der Waals surface area (Å²) in [6.07, 6.45) is 0. The van der Waals surface area contributed by atoms with Crippen molar-refractivity contribution in [2.24, 2.45) is 0 Å². The summed E-state index contributed by atoms with van der Waals surface area (Å²) in [7, 11) is 0. The predicted octanol–water partition coefficient (Wildman–Crippen LogP) is 0.996. The third-order valence-corrected chi connectivity index (χ3v) is 2.51. The van der Waals surface area contributed by atoms with Crippen molar-refractivity contribution in [1.29, 1.82) is 0 Å². The molecule has 0 fully saturated rings. The molecule has 0 spiro atoms. The van der Waals surface area contributed by atoms with Crippen molar-refractivity contribution in [2.45, 2.75) is 6.92 Å². The number of ether oxygens (including phenoxy) is 1. The fourth-order valence-corrected chi connectivity index (χ4v) is 1.51. The van der Waals surface area contributed by atoms with Crippen LogP contribution in [-0.2, 0) is 4.79 Å². The number of aliphatic carboxylic acids is 1. The van der Waals surface area contributed by atoms with Gasteiger partial charge >= 0.3 is 12.0 Å². The Balaban J connectivity index is 2.56. The molecule has 7 heteroatoms. The quantitative estimate of drug-likeness (QED) is 0.692. The number of likely N-dealkylation sites (N-methyl/N-ethyl adjacent to an activating group) is 1. The predicted molar refractivity (Wildman–Crippen MR) is 72.9 cm³/mol. The zero-order valence-corrected chi connectivity index (χ0v) is 11.2. The van der Waals surface area contributed by atoms with E-state index < -0.39 is 12.6 Å². The van der Waals surface area contributed by atoms with Gasteiger partial charge in [-0.3, -0.25) is 0 Å². The highest BCUT2D eigenvalue weighted by molar-refractivity contribution is 5.89. The number of aliphatic hydroxyl groups is 1. The van der Waals surface area contributed by atoms with Gasteiger partial charge in [-0.1, -0.05) is 0 Å². The maximum absolute atomic E-state index is 11.8. The van der Waals surface area contributed by atoms with E-state index in [1.54, 1.807) is 24.3 Å². The molecule has 1 aromatic carbocycles. The summed E-state index contributed by atoms with van der Waals surface area (Å²) in [4.78, 5) is 23.6. The second-order valence-corrected chi connectivity index (χ2v) is 3.94. The number of nitrogens with zero attached hydrogens (tertiary/aromatic N) is 1. The van der Waals surface area contributed by atoms with Crippen molar-refractivity contribution in [2.75, 3.05) is 31.6 Å². The van der Waals surface area contributed by atoms with E-state index in [2.05, 4.69) is 5.32 Å². The maximum Gasteiger partial charge on any atom is 0.341 e. The van der Waals surface area contributed by atoms with Gasteiger partial charge in [-0.25, -0.2) is 9.59 Å². The molecule has 7 nitrogen and oxygen atoms in total. The van der Waals surface area contributed by atoms with E-state index in [9.17, 15) is 9.59 Å². The lowest BCUT2D eigenvalue weighted by atomic mass is 10.3. The van der Waals surface area contributed by atoms with Crippen LogP contribution in [0.1, 0.15) is 6.92 Å². The van der Waals surface area contributed by atoms with Crippen LogP contribution in [-0.4, -0.2) is 53.4 Å². The first-order chi connectivity index (χ1) is 9.56. The molecule has 0 aliphatic heterocycles. The lowest BCUT2D eigenvalue weighted by Gasteiger charge is -2.20. The molecule has 0 unspecified atom stereocenters. The number of urea groups is 1. The summed E-state index contributed by atoms with van der Waals surface area (Å²) < 4.78 is 4.98. The molecule has 110 valence electrons. The van der Waals surface area contributed by atoms with Crippen LogP contribution < -0.4 is 10.1 Å². The lowest BCUT2D eigenvalue weighted by molar-refractivity contribution is -0.139. The van der Waals surface area contributed by atoms with Gasteiger partial charge in [0.15, 0.2) is 6.61 Å². The minimum Gasteiger partial charge on any atom is -0.482 e. The highest BCUT2D eigenvalue weighted by Gasteiger charge is 2.10. The van der Waals surface area contributed by atoms with E-state index in [-0.39, 0.29) is 19.2 Å². The van der Waals surface area contributed by atoms with Gasteiger partial charge < -0.3 is 25.2 Å². The number of carbonyl (C=O) groups excluding carboxylic acids is 1. The highest BCUT2D eigenvalue weighted by atomic mass is 16.5. The van der Waals surface area contributed by atoms with Crippen LogP contribution in [0.5, 0.6) is 5.75 Å². The summed E-state index contributed by atoms with van der Waals surface area (Å²) in [6.45, 7) is 2.07. The van der Waals surface area contributed by atoms with Gasteiger partial charge in [-0.2, -0.15) is 0 Å². The Morgan fingerprint density at radius 1 is 1.30 bits per heavy atom. The van der Waals surface area contributed by atoms with E-state index in [0.29, 0.717) is 18.0 Å². The highest BCUT2D eigenvalue weighted by Crippen LogP contribution is 2.16. The zero-order valence-electron chi connectivity index (χ0n) is 11.2. The van der Waals surface area contributed by atoms with Crippen molar-refractivity contribution >= 4 is 17.7 Å². The number of aliphatic hydroxyl groups excluding tert-OH is 1. The van der Waals surface area contributed by atoms with Gasteiger partial charge in [0.05, 0.1) is 6.61 Å². The Morgan fingerprint density at radius 3 is 2.45 bits per heavy atom. The monoisotopic (exact) mass is 282 g/mol. The number of carbonyl (C=O) groups is 2. The number of carboxylic acid groups (broad SMARTS) is 1. The molecule has 0 aliphatic rings. The number of rotatable bonds is 7. The standard InChI is InChI=1S/C13H18N2O5/c1-2-15(7-8-16)13(19)14-10-3-5-11(6-4-10)20-9-12(17)18/h3-6,16H,2,7-9H2,1H3,(H,14,19)(H,17,18). The Kier molecular flexibility index (Phi) is 6.31. The fourth-order valence-electron chi connectivity index (χ4n) is 1.51. The van der Waals surface area contributed by atoms with Gasteiger partial charge in [-0.05, 0) is 31.2 Å². The number of amides is 2. The van der Waals surface area contributed by atoms with Crippen LogP contribution in [0.3, 0.4) is 0 Å². The Bertz CT molecular complexity index is 447. The summed E-state index contributed by atoms with van der Waals surface area (Å²) in [6, 6.07) is 6.06. The average Bonchev–Trinajstić information content (AvgIpc) is 2.43. The third kappa shape index (κ3) is 5.15.